The number of carbonyl (C=O) groups excluding carboxylic acids is 1. The van der Waals surface area contributed by atoms with Crippen molar-refractivity contribution in [1.29, 1.82) is 0 Å². The molecular formula is C16H27N2O3+. The molecule has 1 aromatic carbocycles. The Bertz CT molecular complexity index is 475. The SMILES string of the molecule is COc1ccc(CCN(C)C(=O)[C@@H]([NH3+])C(C)C)cc1OC. The highest BCUT2D eigenvalue weighted by atomic mass is 16.5. The van der Waals surface area contributed by atoms with Crippen LogP contribution in [0.1, 0.15) is 19.4 Å². The molecule has 0 aliphatic rings. The minimum atomic E-state index is -0.194. The number of ether oxygens (including phenoxy) is 2. The predicted octanol–water partition coefficient (Wildman–Crippen LogP) is 0.971. The van der Waals surface area contributed by atoms with Crippen molar-refractivity contribution in [3.63, 3.8) is 0 Å². The predicted molar refractivity (Wildman–Crippen MR) is 82.4 cm³/mol. The first-order valence-electron chi connectivity index (χ1n) is 7.19. The standard InChI is InChI=1S/C16H26N2O3/c1-11(2)15(17)16(19)18(3)9-8-12-6-7-13(20-4)14(10-12)21-5/h6-7,10-11,15H,8-9,17H2,1-5H3/p+1/t15-/m0/s1. The molecule has 1 atom stereocenters. The second-order valence-corrected chi connectivity index (χ2v) is 5.55. The van der Waals surface area contributed by atoms with Gasteiger partial charge in [-0.15, -0.1) is 0 Å². The Morgan fingerprint density at radius 3 is 2.38 bits per heavy atom. The first-order chi connectivity index (χ1) is 9.90. The van der Waals surface area contributed by atoms with Gasteiger partial charge in [-0.05, 0) is 24.1 Å². The summed E-state index contributed by atoms with van der Waals surface area (Å²) in [5, 5.41) is 0. The average molecular weight is 295 g/mol. The Labute approximate surface area is 127 Å². The van der Waals surface area contributed by atoms with Gasteiger partial charge in [0.25, 0.3) is 5.91 Å². The zero-order valence-electron chi connectivity index (χ0n) is 13.7. The van der Waals surface area contributed by atoms with Gasteiger partial charge in [0.05, 0.1) is 14.2 Å². The smallest absolute Gasteiger partial charge is 0.280 e. The highest BCUT2D eigenvalue weighted by molar-refractivity contribution is 5.80. The molecule has 0 radical (unpaired) electrons. The second-order valence-electron chi connectivity index (χ2n) is 5.55. The number of hydrogen-bond acceptors (Lipinski definition) is 3. The molecule has 0 saturated carbocycles. The van der Waals surface area contributed by atoms with Crippen molar-refractivity contribution in [2.75, 3.05) is 27.8 Å². The molecule has 5 nitrogen and oxygen atoms in total. The molecule has 21 heavy (non-hydrogen) atoms. The third-order valence-corrected chi connectivity index (χ3v) is 3.68. The molecule has 3 N–H and O–H groups in total. The zero-order chi connectivity index (χ0) is 16.0. The third kappa shape index (κ3) is 4.63. The van der Waals surface area contributed by atoms with E-state index in [9.17, 15) is 4.79 Å². The average Bonchev–Trinajstić information content (AvgIpc) is 2.50. The van der Waals surface area contributed by atoms with E-state index < -0.39 is 0 Å². The molecule has 1 rings (SSSR count). The van der Waals surface area contributed by atoms with Crippen LogP contribution in [0.4, 0.5) is 0 Å². The van der Waals surface area contributed by atoms with Crippen LogP contribution in [0.2, 0.25) is 0 Å². The molecule has 0 fully saturated rings. The first-order valence-corrected chi connectivity index (χ1v) is 7.19. The summed E-state index contributed by atoms with van der Waals surface area (Å²) in [4.78, 5) is 13.9. The number of nitrogens with zero attached hydrogens (tertiary/aromatic N) is 1. The van der Waals surface area contributed by atoms with Crippen LogP contribution in [-0.4, -0.2) is 44.7 Å². The molecule has 0 spiro atoms. The van der Waals surface area contributed by atoms with Crippen LogP contribution in [0.3, 0.4) is 0 Å². The van der Waals surface area contributed by atoms with Gasteiger partial charge >= 0.3 is 0 Å². The number of carbonyl (C=O) groups is 1. The Balaban J connectivity index is 2.65. The minimum absolute atomic E-state index is 0.0884. The van der Waals surface area contributed by atoms with E-state index in [1.165, 1.54) is 0 Å². The van der Waals surface area contributed by atoms with E-state index in [4.69, 9.17) is 9.47 Å². The third-order valence-electron chi connectivity index (χ3n) is 3.68. The van der Waals surface area contributed by atoms with Gasteiger partial charge in [-0.25, -0.2) is 0 Å². The van der Waals surface area contributed by atoms with Crippen molar-refractivity contribution < 1.29 is 20.0 Å². The number of methoxy groups -OCH3 is 2. The van der Waals surface area contributed by atoms with E-state index in [1.807, 2.05) is 39.1 Å². The van der Waals surface area contributed by atoms with Crippen LogP contribution in [-0.2, 0) is 11.2 Å². The van der Waals surface area contributed by atoms with E-state index in [0.717, 1.165) is 12.0 Å². The molecule has 0 saturated heterocycles. The summed E-state index contributed by atoms with van der Waals surface area (Å²) in [6, 6.07) is 5.62. The monoisotopic (exact) mass is 295 g/mol. The number of amides is 1. The lowest BCUT2D eigenvalue weighted by Crippen LogP contribution is -2.69. The van der Waals surface area contributed by atoms with E-state index >= 15 is 0 Å². The number of quaternary nitrogens is 1. The Morgan fingerprint density at radius 1 is 1.24 bits per heavy atom. The van der Waals surface area contributed by atoms with Crippen LogP contribution >= 0.6 is 0 Å². The molecule has 0 aliphatic heterocycles. The van der Waals surface area contributed by atoms with Gasteiger partial charge in [0, 0.05) is 19.5 Å². The van der Waals surface area contributed by atoms with Crippen LogP contribution < -0.4 is 15.2 Å². The van der Waals surface area contributed by atoms with Gasteiger partial charge in [-0.3, -0.25) is 4.79 Å². The largest absolute Gasteiger partial charge is 0.493 e. The van der Waals surface area contributed by atoms with Crippen molar-refractivity contribution in [2.45, 2.75) is 26.3 Å². The molecule has 0 bridgehead atoms. The lowest BCUT2D eigenvalue weighted by molar-refractivity contribution is -0.416. The Morgan fingerprint density at radius 2 is 1.86 bits per heavy atom. The molecule has 0 aromatic heterocycles. The van der Waals surface area contributed by atoms with E-state index in [-0.39, 0.29) is 17.9 Å². The molecule has 118 valence electrons. The molecular weight excluding hydrogens is 268 g/mol. The van der Waals surface area contributed by atoms with E-state index in [0.29, 0.717) is 18.0 Å². The Hall–Kier alpha value is -1.75. The maximum absolute atomic E-state index is 12.1. The quantitative estimate of drug-likeness (QED) is 0.815. The van der Waals surface area contributed by atoms with Crippen LogP contribution in [0, 0.1) is 5.92 Å². The van der Waals surface area contributed by atoms with Crippen molar-refractivity contribution in [3.8, 4) is 11.5 Å². The minimum Gasteiger partial charge on any atom is -0.493 e. The summed E-state index contributed by atoms with van der Waals surface area (Å²) < 4.78 is 10.5. The van der Waals surface area contributed by atoms with Crippen molar-refractivity contribution in [1.82, 2.24) is 4.90 Å². The van der Waals surface area contributed by atoms with Crippen molar-refractivity contribution >= 4 is 5.91 Å². The lowest BCUT2D eigenvalue weighted by Gasteiger charge is -2.21. The summed E-state index contributed by atoms with van der Waals surface area (Å²) in [6.45, 7) is 4.68. The summed E-state index contributed by atoms with van der Waals surface area (Å²) in [5.74, 6) is 1.76. The van der Waals surface area contributed by atoms with Crippen molar-refractivity contribution in [2.24, 2.45) is 5.92 Å². The topological polar surface area (TPSA) is 66.4 Å². The summed E-state index contributed by atoms with van der Waals surface area (Å²) >= 11 is 0. The van der Waals surface area contributed by atoms with Gasteiger partial charge in [0.15, 0.2) is 17.5 Å². The van der Waals surface area contributed by atoms with E-state index in [2.05, 4.69) is 5.73 Å². The highest BCUT2D eigenvalue weighted by Gasteiger charge is 2.24. The fraction of sp³-hybridized carbons (Fsp3) is 0.562. The van der Waals surface area contributed by atoms with Gasteiger partial charge in [0.1, 0.15) is 0 Å². The van der Waals surface area contributed by atoms with Gasteiger partial charge in [-0.1, -0.05) is 19.9 Å². The van der Waals surface area contributed by atoms with Crippen molar-refractivity contribution in [3.05, 3.63) is 23.8 Å². The van der Waals surface area contributed by atoms with Crippen LogP contribution in [0.25, 0.3) is 0 Å². The molecule has 0 heterocycles. The lowest BCUT2D eigenvalue weighted by atomic mass is 10.0. The summed E-state index contributed by atoms with van der Waals surface area (Å²) in [6.07, 6.45) is 0.771. The molecule has 1 amide bonds. The number of likely N-dealkylation sites (N-methyl/N-ethyl adjacent to an activating group) is 1. The molecule has 1 aromatic rings. The first kappa shape index (κ1) is 17.3. The Kier molecular flexibility index (Phi) is 6.49. The fourth-order valence-corrected chi connectivity index (χ4v) is 2.01. The normalized spacial score (nSPS) is 12.1. The van der Waals surface area contributed by atoms with Crippen LogP contribution in [0.15, 0.2) is 18.2 Å². The highest BCUT2D eigenvalue weighted by Crippen LogP contribution is 2.27. The molecule has 5 heteroatoms. The van der Waals surface area contributed by atoms with Gasteiger partial charge in [-0.2, -0.15) is 0 Å². The molecule has 0 aliphatic carbocycles. The number of benzene rings is 1. The van der Waals surface area contributed by atoms with Gasteiger partial charge in [0.2, 0.25) is 0 Å². The fourth-order valence-electron chi connectivity index (χ4n) is 2.01. The van der Waals surface area contributed by atoms with Gasteiger partial charge < -0.3 is 20.1 Å². The number of hydrogen-bond donors (Lipinski definition) is 1. The maximum atomic E-state index is 12.1. The summed E-state index contributed by atoms with van der Waals surface area (Å²) in [7, 11) is 5.06. The van der Waals surface area contributed by atoms with E-state index in [1.54, 1.807) is 19.1 Å². The zero-order valence-corrected chi connectivity index (χ0v) is 13.7. The maximum Gasteiger partial charge on any atom is 0.280 e. The summed E-state index contributed by atoms with van der Waals surface area (Å²) in [5.41, 5.74) is 5.04. The van der Waals surface area contributed by atoms with Crippen LogP contribution in [0.5, 0.6) is 11.5 Å². The second kappa shape index (κ2) is 7.88. The number of rotatable bonds is 7. The molecule has 0 unspecified atom stereocenters.